The minimum Gasteiger partial charge on any atom is -0.396 e. The Morgan fingerprint density at radius 3 is 2.29 bits per heavy atom. The number of unbranched alkanes of at least 4 members (excludes halogenated alkanes) is 4. The molecule has 0 atom stereocenters. The minimum absolute atomic E-state index is 0.311. The van der Waals surface area contributed by atoms with Crippen molar-refractivity contribution < 1.29 is 5.11 Å². The third-order valence-electron chi connectivity index (χ3n) is 2.28. The molecular formula is C11H22N2O. The van der Waals surface area contributed by atoms with Gasteiger partial charge in [-0.3, -0.25) is 0 Å². The van der Waals surface area contributed by atoms with E-state index in [1.54, 1.807) is 0 Å². The lowest BCUT2D eigenvalue weighted by Gasteiger charge is -2.15. The Hall–Kier alpha value is -0.590. The third kappa shape index (κ3) is 9.50. The summed E-state index contributed by atoms with van der Waals surface area (Å²) in [7, 11) is 2.12. The van der Waals surface area contributed by atoms with E-state index >= 15 is 0 Å². The van der Waals surface area contributed by atoms with Gasteiger partial charge in [-0.15, -0.1) is 0 Å². The largest absolute Gasteiger partial charge is 0.396 e. The van der Waals surface area contributed by atoms with Crippen molar-refractivity contribution in [2.45, 2.75) is 38.5 Å². The van der Waals surface area contributed by atoms with Gasteiger partial charge in [-0.25, -0.2) is 0 Å². The summed E-state index contributed by atoms with van der Waals surface area (Å²) in [5, 5.41) is 16.9. The van der Waals surface area contributed by atoms with Crippen molar-refractivity contribution in [3.05, 3.63) is 0 Å². The maximum absolute atomic E-state index is 8.59. The zero-order valence-corrected chi connectivity index (χ0v) is 9.21. The van der Waals surface area contributed by atoms with Gasteiger partial charge in [0.2, 0.25) is 0 Å². The highest BCUT2D eigenvalue weighted by atomic mass is 16.2. The fraction of sp³-hybridized carbons (Fsp3) is 0.909. The molecule has 0 rings (SSSR count). The van der Waals surface area contributed by atoms with Crippen molar-refractivity contribution in [2.75, 3.05) is 26.7 Å². The number of nitrogens with zero attached hydrogens (tertiary/aromatic N) is 2. The normalized spacial score (nSPS) is 10.4. The molecule has 1 N–H and O–H groups in total. The zero-order valence-electron chi connectivity index (χ0n) is 9.21. The molecule has 0 saturated heterocycles. The molecule has 0 fully saturated rings. The average Bonchev–Trinajstić information content (AvgIpc) is 2.19. The lowest BCUT2D eigenvalue weighted by molar-refractivity contribution is 0.272. The minimum atomic E-state index is 0.311. The lowest BCUT2D eigenvalue weighted by atomic mass is 10.2. The highest BCUT2D eigenvalue weighted by Crippen LogP contribution is 2.00. The molecule has 0 bridgehead atoms. The second-order valence-corrected chi connectivity index (χ2v) is 3.70. The molecule has 0 radical (unpaired) electrons. The van der Waals surface area contributed by atoms with E-state index in [2.05, 4.69) is 18.0 Å². The van der Waals surface area contributed by atoms with Gasteiger partial charge in [0.05, 0.1) is 6.07 Å². The summed E-state index contributed by atoms with van der Waals surface area (Å²) < 4.78 is 0. The number of aliphatic hydroxyl groups is 1. The fourth-order valence-corrected chi connectivity index (χ4v) is 1.37. The van der Waals surface area contributed by atoms with E-state index in [9.17, 15) is 0 Å². The van der Waals surface area contributed by atoms with Crippen LogP contribution in [0.3, 0.4) is 0 Å². The summed E-state index contributed by atoms with van der Waals surface area (Å²) >= 11 is 0. The summed E-state index contributed by atoms with van der Waals surface area (Å²) in [6.45, 7) is 2.50. The van der Waals surface area contributed by atoms with Crippen molar-refractivity contribution in [3.8, 4) is 6.07 Å². The average molecular weight is 198 g/mol. The predicted molar refractivity (Wildman–Crippen MR) is 57.9 cm³/mol. The van der Waals surface area contributed by atoms with E-state index in [-0.39, 0.29) is 0 Å². The molecule has 0 saturated carbocycles. The highest BCUT2D eigenvalue weighted by Gasteiger charge is 1.97. The maximum Gasteiger partial charge on any atom is 0.0621 e. The molecule has 82 valence electrons. The molecule has 0 aliphatic carbocycles. The van der Waals surface area contributed by atoms with Crippen molar-refractivity contribution in [3.63, 3.8) is 0 Å². The van der Waals surface area contributed by atoms with Crippen LogP contribution in [-0.4, -0.2) is 36.8 Å². The van der Waals surface area contributed by atoms with Gasteiger partial charge >= 0.3 is 0 Å². The molecule has 0 heterocycles. The topological polar surface area (TPSA) is 47.3 Å². The van der Waals surface area contributed by atoms with Crippen LogP contribution in [0.4, 0.5) is 0 Å². The number of aliphatic hydroxyl groups excluding tert-OH is 1. The fourth-order valence-electron chi connectivity index (χ4n) is 1.37. The van der Waals surface area contributed by atoms with E-state index in [1.807, 2.05) is 0 Å². The molecular weight excluding hydrogens is 176 g/mol. The third-order valence-corrected chi connectivity index (χ3v) is 2.28. The van der Waals surface area contributed by atoms with Gasteiger partial charge in [0.1, 0.15) is 0 Å². The zero-order chi connectivity index (χ0) is 10.6. The van der Waals surface area contributed by atoms with Crippen LogP contribution in [-0.2, 0) is 0 Å². The van der Waals surface area contributed by atoms with Crippen LogP contribution in [0.25, 0.3) is 0 Å². The van der Waals surface area contributed by atoms with E-state index < -0.39 is 0 Å². The number of nitriles is 1. The van der Waals surface area contributed by atoms with Crippen molar-refractivity contribution in [1.29, 1.82) is 5.26 Å². The quantitative estimate of drug-likeness (QED) is 0.574. The molecule has 0 aliphatic heterocycles. The van der Waals surface area contributed by atoms with Gasteiger partial charge in [-0.2, -0.15) is 5.26 Å². The maximum atomic E-state index is 8.59. The molecule has 3 nitrogen and oxygen atoms in total. The highest BCUT2D eigenvalue weighted by molar-refractivity contribution is 4.68. The number of hydrogen-bond acceptors (Lipinski definition) is 3. The first kappa shape index (κ1) is 13.4. The molecule has 0 aromatic heterocycles. The second-order valence-electron chi connectivity index (χ2n) is 3.70. The Kier molecular flexibility index (Phi) is 10.0. The van der Waals surface area contributed by atoms with Crippen LogP contribution in [0.5, 0.6) is 0 Å². The summed E-state index contributed by atoms with van der Waals surface area (Å²) in [6, 6.07) is 2.16. The summed E-state index contributed by atoms with van der Waals surface area (Å²) in [5.74, 6) is 0. The monoisotopic (exact) mass is 198 g/mol. The second kappa shape index (κ2) is 10.5. The molecule has 14 heavy (non-hydrogen) atoms. The molecule has 0 unspecified atom stereocenters. The van der Waals surface area contributed by atoms with Gasteiger partial charge in [0.15, 0.2) is 0 Å². The van der Waals surface area contributed by atoms with Crippen LogP contribution in [0.2, 0.25) is 0 Å². The summed E-state index contributed by atoms with van der Waals surface area (Å²) in [4.78, 5) is 2.30. The van der Waals surface area contributed by atoms with Crippen LogP contribution < -0.4 is 0 Å². The number of rotatable bonds is 9. The lowest BCUT2D eigenvalue weighted by Crippen LogP contribution is -2.20. The Bertz CT molecular complexity index is 154. The van der Waals surface area contributed by atoms with E-state index in [1.165, 1.54) is 0 Å². The van der Waals surface area contributed by atoms with Gasteiger partial charge in [0.25, 0.3) is 0 Å². The van der Waals surface area contributed by atoms with Crippen molar-refractivity contribution in [1.82, 2.24) is 4.90 Å². The van der Waals surface area contributed by atoms with E-state index in [0.717, 1.165) is 45.2 Å². The Morgan fingerprint density at radius 2 is 1.71 bits per heavy atom. The van der Waals surface area contributed by atoms with Crippen molar-refractivity contribution >= 4 is 0 Å². The molecule has 0 aromatic carbocycles. The molecule has 0 aliphatic rings. The number of hydrogen-bond donors (Lipinski definition) is 1. The summed E-state index contributed by atoms with van der Waals surface area (Å²) in [6.07, 6.45) is 6.00. The van der Waals surface area contributed by atoms with Crippen LogP contribution >= 0.6 is 0 Å². The first-order valence-electron chi connectivity index (χ1n) is 5.47. The van der Waals surface area contributed by atoms with Gasteiger partial charge in [-0.1, -0.05) is 0 Å². The molecule has 0 spiro atoms. The van der Waals surface area contributed by atoms with Gasteiger partial charge in [0, 0.05) is 13.0 Å². The van der Waals surface area contributed by atoms with Gasteiger partial charge < -0.3 is 10.0 Å². The SMILES string of the molecule is CN(CCCCC#N)CCCCCO. The van der Waals surface area contributed by atoms with Crippen LogP contribution in [0, 0.1) is 11.3 Å². The molecule has 0 aromatic rings. The van der Waals surface area contributed by atoms with Crippen LogP contribution in [0.15, 0.2) is 0 Å². The van der Waals surface area contributed by atoms with Gasteiger partial charge in [-0.05, 0) is 52.2 Å². The Balaban J connectivity index is 3.12. The first-order valence-corrected chi connectivity index (χ1v) is 5.47. The van der Waals surface area contributed by atoms with Crippen LogP contribution in [0.1, 0.15) is 38.5 Å². The first-order chi connectivity index (χ1) is 6.81. The Morgan fingerprint density at radius 1 is 1.07 bits per heavy atom. The van der Waals surface area contributed by atoms with Crippen molar-refractivity contribution in [2.24, 2.45) is 0 Å². The van der Waals surface area contributed by atoms with E-state index in [4.69, 9.17) is 10.4 Å². The molecule has 0 amide bonds. The smallest absolute Gasteiger partial charge is 0.0621 e. The predicted octanol–water partition coefficient (Wildman–Crippen LogP) is 1.77. The summed E-state index contributed by atoms with van der Waals surface area (Å²) in [5.41, 5.74) is 0. The van der Waals surface area contributed by atoms with E-state index in [0.29, 0.717) is 13.0 Å². The Labute approximate surface area is 87.3 Å². The standard InChI is InChI=1S/C11H22N2O/c1-13(9-5-2-4-8-12)10-6-3-7-11-14/h14H,2-7,9-11H2,1H3. The molecule has 3 heteroatoms.